The molecule has 1 fully saturated rings. The number of imide groups is 1. The van der Waals surface area contributed by atoms with Crippen molar-refractivity contribution < 1.29 is 120 Å². The second-order valence-electron chi connectivity index (χ2n) is 32.5. The highest BCUT2D eigenvalue weighted by molar-refractivity contribution is 6.12. The van der Waals surface area contributed by atoms with Crippen molar-refractivity contribution in [3.8, 4) is 0 Å². The number of likely N-dealkylation sites (N-methyl/N-ethyl adjacent to an activating group) is 2. The van der Waals surface area contributed by atoms with Gasteiger partial charge in [-0.2, -0.15) is 0 Å². The Hall–Kier alpha value is -9.80. The van der Waals surface area contributed by atoms with Gasteiger partial charge in [0.25, 0.3) is 11.8 Å². The third-order valence-corrected chi connectivity index (χ3v) is 21.3. The number of carbonyl (C=O) groups is 14. The number of methoxy groups -OCH3 is 2. The lowest BCUT2D eigenvalue weighted by Crippen LogP contribution is -2.60. The summed E-state index contributed by atoms with van der Waals surface area (Å²) < 4.78 is 50.9. The minimum Gasteiger partial charge on any atom is -0.481 e. The minimum atomic E-state index is -1.17. The first-order chi connectivity index (χ1) is 59.5. The summed E-state index contributed by atoms with van der Waals surface area (Å²) in [5.41, 5.74) is 6.77. The van der Waals surface area contributed by atoms with Gasteiger partial charge in [0.05, 0.1) is 134 Å². The number of hydrogen-bond donors (Lipinski definition) is 11. The fourth-order valence-electron chi connectivity index (χ4n) is 14.6. The first-order valence-electron chi connectivity index (χ1n) is 43.2. The lowest BCUT2D eigenvalue weighted by atomic mass is 9.91. The van der Waals surface area contributed by atoms with Crippen molar-refractivity contribution in [2.45, 2.75) is 220 Å². The molecule has 0 spiro atoms. The van der Waals surface area contributed by atoms with Gasteiger partial charge in [-0.15, -0.1) is 0 Å². The van der Waals surface area contributed by atoms with Gasteiger partial charge in [0.15, 0.2) is 0 Å². The number of anilines is 1. The maximum Gasteiger partial charge on any atom is 0.410 e. The molecule has 0 aromatic heterocycles. The lowest BCUT2D eigenvalue weighted by molar-refractivity contribution is -0.147. The molecule has 0 bridgehead atoms. The maximum absolute atomic E-state index is 14.8. The van der Waals surface area contributed by atoms with Crippen LogP contribution in [0.4, 0.5) is 15.3 Å². The van der Waals surface area contributed by atoms with Crippen LogP contribution in [0.2, 0.25) is 0 Å². The van der Waals surface area contributed by atoms with Crippen molar-refractivity contribution in [1.82, 2.24) is 56.8 Å². The van der Waals surface area contributed by atoms with Crippen molar-refractivity contribution in [3.05, 3.63) is 77.9 Å². The van der Waals surface area contributed by atoms with Crippen LogP contribution >= 0.6 is 0 Å². The summed E-state index contributed by atoms with van der Waals surface area (Å²) >= 11 is 0. The Kier molecular flexibility index (Phi) is 50.3. The van der Waals surface area contributed by atoms with Gasteiger partial charge in [-0.05, 0) is 92.4 Å². The number of aliphatic hydroxyl groups excluding tert-OH is 1. The number of carboxylic acid groups (broad SMARTS) is 1. The second-order valence-corrected chi connectivity index (χ2v) is 32.5. The van der Waals surface area contributed by atoms with E-state index in [1.165, 1.54) is 38.3 Å². The predicted octanol–water partition coefficient (Wildman–Crippen LogP) is 3.64. The molecule has 0 aliphatic carbocycles. The van der Waals surface area contributed by atoms with Crippen molar-refractivity contribution in [2.24, 2.45) is 35.3 Å². The number of benzene rings is 2. The number of nitrogens with one attached hydrogen (secondary N) is 8. The highest BCUT2D eigenvalue weighted by atomic mass is 16.6. The van der Waals surface area contributed by atoms with Crippen molar-refractivity contribution >= 4 is 88.8 Å². The monoisotopic (exact) mass is 1770 g/mol. The van der Waals surface area contributed by atoms with Gasteiger partial charge in [0, 0.05) is 97.6 Å². The van der Waals surface area contributed by atoms with Gasteiger partial charge in [0.1, 0.15) is 30.8 Å². The third-order valence-electron chi connectivity index (χ3n) is 21.3. The van der Waals surface area contributed by atoms with Crippen LogP contribution < -0.4 is 48.3 Å². The van der Waals surface area contributed by atoms with Crippen LogP contribution in [0.3, 0.4) is 0 Å². The molecule has 2 aromatic rings. The molecule has 12 N–H and O–H groups in total. The maximum atomic E-state index is 14.8. The first kappa shape index (κ1) is 108. The van der Waals surface area contributed by atoms with Gasteiger partial charge >= 0.3 is 18.1 Å². The topological polar surface area (TPSA) is 498 Å². The molecule has 2 heterocycles. The average molecular weight is 1770 g/mol. The average Bonchev–Trinajstić information content (AvgIpc) is 1.78. The van der Waals surface area contributed by atoms with E-state index in [-0.39, 0.29) is 141 Å². The number of urea groups is 1. The summed E-state index contributed by atoms with van der Waals surface area (Å²) in [7, 11) is 6.02. The van der Waals surface area contributed by atoms with E-state index in [9.17, 15) is 77.3 Å². The van der Waals surface area contributed by atoms with Gasteiger partial charge in [-0.1, -0.05) is 111 Å². The van der Waals surface area contributed by atoms with Crippen LogP contribution in [0.15, 0.2) is 66.7 Å². The number of hydrogen-bond acceptors (Lipinski definition) is 24. The molecule has 702 valence electrons. The van der Waals surface area contributed by atoms with Crippen LogP contribution in [-0.4, -0.2) is 307 Å². The Bertz CT molecular complexity index is 3710. The van der Waals surface area contributed by atoms with Crippen LogP contribution in [0.25, 0.3) is 0 Å². The van der Waals surface area contributed by atoms with Gasteiger partial charge in [-0.25, -0.2) is 9.59 Å². The first-order valence-corrected chi connectivity index (χ1v) is 43.2. The summed E-state index contributed by atoms with van der Waals surface area (Å²) in [6.45, 7) is 21.4. The largest absolute Gasteiger partial charge is 0.481 e. The number of unbranched alkanes of at least 4 members (excludes halogenated alkanes) is 2. The molecule has 0 saturated carbocycles. The molecule has 1 saturated heterocycles. The lowest BCUT2D eigenvalue weighted by Gasteiger charge is -2.40. The molecule has 38 heteroatoms. The Labute approximate surface area is 734 Å². The summed E-state index contributed by atoms with van der Waals surface area (Å²) in [6, 6.07) is 7.58. The Morgan fingerprint density at radius 3 is 1.67 bits per heavy atom. The molecule has 0 radical (unpaired) electrons. The summed E-state index contributed by atoms with van der Waals surface area (Å²) in [4.78, 5) is 189. The molecular formula is C87H139N13O25. The number of amides is 14. The predicted molar refractivity (Wildman–Crippen MR) is 460 cm³/mol. The summed E-state index contributed by atoms with van der Waals surface area (Å²) in [5.74, 6) is -8.39. The van der Waals surface area contributed by atoms with Crippen LogP contribution in [0.1, 0.15) is 164 Å². The van der Waals surface area contributed by atoms with Gasteiger partial charge < -0.3 is 111 Å². The molecule has 125 heavy (non-hydrogen) atoms. The Balaban J connectivity index is 1.14. The fourth-order valence-corrected chi connectivity index (χ4v) is 14.6. The Morgan fingerprint density at radius 2 is 1.13 bits per heavy atom. The zero-order valence-electron chi connectivity index (χ0n) is 75.2. The number of primary amides is 1. The number of rotatable bonds is 63. The van der Waals surface area contributed by atoms with E-state index in [0.29, 0.717) is 88.5 Å². The number of aliphatic carboxylic acids is 1. The SMILES string of the molecule is CO[C@H]([C@@H](C)C(=O)N[C@H](C)[C@@H](O)c1ccccc1)[C@@H]1CCCN1C(=O)C[C@@H](OC)[C@H](C(C)C)N(C)C(=O)[C@@H](NC(=O)[C@H](C(C)C)N(C)C(=O)OCc1ccc(NC(=O)[C@H](CCCNC(N)=O)NC(=O)[C@@H](NC(=O)CCOCCOCCOCCOCCOCCOCCNC(=O)CC(CC(=O)O)NC(=O)CCCCCN2C(=O)C=CC2=O)C(C)C)cc1)C(C)C. The zero-order chi connectivity index (χ0) is 92.7. The number of carbonyl (C=O) groups excluding carboxylic acids is 13. The van der Waals surface area contributed by atoms with Crippen molar-refractivity contribution in [2.75, 3.05) is 139 Å². The van der Waals surface area contributed by atoms with Crippen LogP contribution in [0.5, 0.6) is 0 Å². The Morgan fingerprint density at radius 1 is 0.552 bits per heavy atom. The number of ether oxygens (including phenoxy) is 9. The number of likely N-dealkylation sites (tertiary alicyclic amines) is 1. The van der Waals surface area contributed by atoms with Crippen molar-refractivity contribution in [1.29, 1.82) is 0 Å². The van der Waals surface area contributed by atoms with E-state index in [1.807, 2.05) is 32.0 Å². The van der Waals surface area contributed by atoms with Crippen LogP contribution in [-0.2, 0) is 107 Å². The molecule has 14 amide bonds. The molecule has 4 rings (SSSR count). The molecular weight excluding hydrogens is 1630 g/mol. The number of carboxylic acids is 1. The van der Waals surface area contributed by atoms with E-state index in [0.717, 1.165) is 9.80 Å². The standard InChI is InChI=1S/C87H139N13O25/c1-55(2)75(95-69(102)34-39-119-41-43-121-45-47-123-49-50-124-48-46-122-44-42-120-40-36-89-70(103)51-64(52-74(107)108)92-68(101)27-19-16-20-37-100-71(104)32-33-72(100)105)83(112)94-65(25-21-35-90-86(88)115)82(111)93-63-30-28-61(29-31-63)54-125-87(116)98(12)78(58(7)8)84(113)96-76(56(3)4)85(114)97(11)77(57(5)6)67(117-13)53-73(106)99-38-22-26-66(99)80(118-14)59(9)81(110)91-60(10)79(109)62-23-17-15-18-24-62/h15,17-18,23-24,28-33,55-60,64-67,75-80,109H,16,19-22,25-27,34-54H2,1-14H3,(H,89,103)(H,91,110)(H,92,101)(H,93,111)(H,94,112)(H,95,102)(H,96,113)(H,107,108)(H3,88,90,115)/t59-,60-,64?,65+,66+,67-,75+,76+,77+,78+,79-,80-/m1/s1. The minimum absolute atomic E-state index is 0.0225. The van der Waals surface area contributed by atoms with Gasteiger partial charge in [0.2, 0.25) is 53.2 Å². The number of nitrogens with zero attached hydrogens (tertiary/aromatic N) is 4. The normalized spacial score (nSPS) is 15.9. The molecule has 2 aliphatic heterocycles. The molecule has 38 nitrogen and oxygen atoms in total. The zero-order valence-corrected chi connectivity index (χ0v) is 75.2. The third kappa shape index (κ3) is 39.3. The van der Waals surface area contributed by atoms with Crippen LogP contribution in [0, 0.1) is 29.6 Å². The van der Waals surface area contributed by atoms with Crippen molar-refractivity contribution in [3.63, 3.8) is 0 Å². The molecule has 1 unspecified atom stereocenters. The summed E-state index contributed by atoms with van der Waals surface area (Å²) in [6.07, 6.45) is 1.44. The number of nitrogens with two attached hydrogens (primary N) is 1. The molecule has 2 aliphatic rings. The fraction of sp³-hybridized carbons (Fsp3) is 0.678. The smallest absolute Gasteiger partial charge is 0.410 e. The van der Waals surface area contributed by atoms with E-state index >= 15 is 0 Å². The second kappa shape index (κ2) is 58.5. The van der Waals surface area contributed by atoms with E-state index in [1.54, 1.807) is 104 Å². The van der Waals surface area contributed by atoms with Gasteiger partial charge in [-0.3, -0.25) is 67.3 Å². The van der Waals surface area contributed by atoms with E-state index < -0.39 is 156 Å². The highest BCUT2D eigenvalue weighted by Crippen LogP contribution is 2.30. The molecule has 12 atom stereocenters. The van der Waals surface area contributed by atoms with E-state index in [4.69, 9.17) is 48.4 Å². The quantitative estimate of drug-likeness (QED) is 0.0332. The molecule has 2 aromatic carbocycles. The summed E-state index contributed by atoms with van der Waals surface area (Å²) in [5, 5.41) is 42.1. The highest BCUT2D eigenvalue weighted by Gasteiger charge is 2.44. The number of aliphatic hydroxyl groups is 1. The van der Waals surface area contributed by atoms with E-state index in [2.05, 4.69) is 42.5 Å².